The highest BCUT2D eigenvalue weighted by Gasteiger charge is 2.12. The van der Waals surface area contributed by atoms with Crippen molar-refractivity contribution in [3.05, 3.63) is 76.4 Å². The fourth-order valence-electron chi connectivity index (χ4n) is 1.86. The Bertz CT molecular complexity index is 837. The first-order valence-electron chi connectivity index (χ1n) is 6.83. The van der Waals surface area contributed by atoms with E-state index in [0.29, 0.717) is 5.56 Å². The summed E-state index contributed by atoms with van der Waals surface area (Å²) in [5.41, 5.74) is 1.30. The van der Waals surface area contributed by atoms with Crippen LogP contribution in [0, 0.1) is 31.5 Å². The van der Waals surface area contributed by atoms with Gasteiger partial charge in [0.25, 0.3) is 0 Å². The Morgan fingerprint density at radius 3 is 2.13 bits per heavy atom. The summed E-state index contributed by atoms with van der Waals surface area (Å²) < 4.78 is 41.2. The van der Waals surface area contributed by atoms with Gasteiger partial charge in [-0.1, -0.05) is 35.9 Å². The maximum atomic E-state index is 13.9. The number of hydrogen-bond donors (Lipinski definition) is 0. The lowest BCUT2D eigenvalue weighted by molar-refractivity contribution is 0.105. The van der Waals surface area contributed by atoms with Gasteiger partial charge in [-0.25, -0.2) is 8.78 Å². The highest BCUT2D eigenvalue weighted by atomic mass is 19.2. The van der Waals surface area contributed by atoms with Gasteiger partial charge in [-0.05, 0) is 43.4 Å². The Labute approximate surface area is 132 Å². The number of Topliss-reactive ketones (excluding diaryl/α,β-unsaturated/α-hetero) is 1. The van der Waals surface area contributed by atoms with Crippen LogP contribution in [0.3, 0.4) is 0 Å². The van der Waals surface area contributed by atoms with Gasteiger partial charge in [0.15, 0.2) is 5.83 Å². The van der Waals surface area contributed by atoms with Gasteiger partial charge in [0.2, 0.25) is 11.6 Å². The molecule has 116 valence electrons. The number of aryl methyl sites for hydroxylation is 2. The van der Waals surface area contributed by atoms with Gasteiger partial charge in [-0.3, -0.25) is 4.79 Å². The number of ketones is 1. The van der Waals surface area contributed by atoms with E-state index < -0.39 is 28.8 Å². The van der Waals surface area contributed by atoms with E-state index in [1.165, 1.54) is 6.07 Å². The Balaban J connectivity index is 2.28. The van der Waals surface area contributed by atoms with Crippen molar-refractivity contribution in [1.82, 2.24) is 0 Å². The first-order valence-corrected chi connectivity index (χ1v) is 6.83. The normalized spacial score (nSPS) is 11.3. The van der Waals surface area contributed by atoms with Gasteiger partial charge in [-0.2, -0.15) is 4.39 Å². The van der Waals surface area contributed by atoms with Crippen molar-refractivity contribution in [3.8, 4) is 11.8 Å². The summed E-state index contributed by atoms with van der Waals surface area (Å²) >= 11 is 0. The summed E-state index contributed by atoms with van der Waals surface area (Å²) in [5.74, 6) is -0.606. The van der Waals surface area contributed by atoms with Crippen LogP contribution in [0.15, 0.2) is 48.3 Å². The molecule has 2 aromatic carbocycles. The van der Waals surface area contributed by atoms with E-state index >= 15 is 0 Å². The van der Waals surface area contributed by atoms with Gasteiger partial charge in [0.1, 0.15) is 5.82 Å². The molecule has 0 aromatic heterocycles. The third-order valence-corrected chi connectivity index (χ3v) is 3.15. The van der Waals surface area contributed by atoms with Gasteiger partial charge in [-0.15, -0.1) is 0 Å². The Morgan fingerprint density at radius 1 is 0.913 bits per heavy atom. The van der Waals surface area contributed by atoms with E-state index in [0.717, 1.165) is 17.7 Å². The quantitative estimate of drug-likeness (QED) is 0.436. The molecule has 0 saturated carbocycles. The second-order valence-corrected chi connectivity index (χ2v) is 5.06. The molecule has 1 nitrogen and oxygen atoms in total. The molecule has 0 spiro atoms. The predicted octanol–water partition coefficient (Wildman–Crippen LogP) is 4.94. The van der Waals surface area contributed by atoms with E-state index in [4.69, 9.17) is 0 Å². The molecule has 0 bridgehead atoms. The van der Waals surface area contributed by atoms with E-state index in [9.17, 15) is 18.0 Å². The summed E-state index contributed by atoms with van der Waals surface area (Å²) in [6.45, 7) is 3.48. The molecule has 4 heteroatoms. The van der Waals surface area contributed by atoms with Crippen molar-refractivity contribution in [2.45, 2.75) is 13.8 Å². The van der Waals surface area contributed by atoms with Crippen molar-refractivity contribution < 1.29 is 18.0 Å². The number of benzene rings is 2. The molecular formula is C19H13F3O. The lowest BCUT2D eigenvalue weighted by atomic mass is 10.1. The van der Waals surface area contributed by atoms with Gasteiger partial charge in [0.05, 0.1) is 0 Å². The standard InChI is InChI=1S/C19H13F3O/c1-12-3-6-14(7-4-12)18(23)10-9-16(20)19(22)15-8-5-13(2)11-17(15)21/h3-8,11H,1-2H3. The maximum Gasteiger partial charge on any atom is 0.236 e. The molecule has 2 rings (SSSR count). The fourth-order valence-corrected chi connectivity index (χ4v) is 1.86. The van der Waals surface area contributed by atoms with Crippen LogP contribution in [-0.4, -0.2) is 5.78 Å². The third kappa shape index (κ3) is 4.10. The maximum absolute atomic E-state index is 13.9. The number of halogens is 3. The second-order valence-electron chi connectivity index (χ2n) is 5.06. The van der Waals surface area contributed by atoms with Crippen LogP contribution in [0.5, 0.6) is 0 Å². The van der Waals surface area contributed by atoms with E-state index in [-0.39, 0.29) is 5.56 Å². The molecule has 0 atom stereocenters. The number of hydrogen-bond acceptors (Lipinski definition) is 1. The SMILES string of the molecule is Cc1ccc(C(=O)C#CC(F)=C(F)c2ccc(C)cc2F)cc1. The van der Waals surface area contributed by atoms with Crippen LogP contribution in [0.4, 0.5) is 13.2 Å². The molecule has 0 amide bonds. The second kappa shape index (κ2) is 6.97. The van der Waals surface area contributed by atoms with Crippen molar-refractivity contribution in [2.75, 3.05) is 0 Å². The van der Waals surface area contributed by atoms with Crippen LogP contribution in [-0.2, 0) is 0 Å². The van der Waals surface area contributed by atoms with Crippen molar-refractivity contribution in [3.63, 3.8) is 0 Å². The van der Waals surface area contributed by atoms with Crippen molar-refractivity contribution >= 4 is 11.6 Å². The van der Waals surface area contributed by atoms with Gasteiger partial charge in [0, 0.05) is 11.1 Å². The lowest BCUT2D eigenvalue weighted by Gasteiger charge is -2.01. The summed E-state index contributed by atoms with van der Waals surface area (Å²) in [5, 5.41) is 0. The molecule has 2 aromatic rings. The lowest BCUT2D eigenvalue weighted by Crippen LogP contribution is -1.95. The van der Waals surface area contributed by atoms with E-state index in [1.807, 2.05) is 18.8 Å². The first-order chi connectivity index (χ1) is 10.9. The van der Waals surface area contributed by atoms with E-state index in [1.54, 1.807) is 31.2 Å². The summed E-state index contributed by atoms with van der Waals surface area (Å²) in [7, 11) is 0. The molecule has 0 unspecified atom stereocenters. The third-order valence-electron chi connectivity index (χ3n) is 3.15. The average Bonchev–Trinajstić information content (AvgIpc) is 2.52. The molecule has 0 saturated heterocycles. The first kappa shape index (κ1) is 16.6. The predicted molar refractivity (Wildman–Crippen MR) is 83.6 cm³/mol. The van der Waals surface area contributed by atoms with Crippen LogP contribution in [0.2, 0.25) is 0 Å². The minimum atomic E-state index is -1.48. The minimum Gasteiger partial charge on any atom is -0.279 e. The molecule has 0 aliphatic rings. The zero-order valence-corrected chi connectivity index (χ0v) is 12.6. The Kier molecular flexibility index (Phi) is 5.02. The van der Waals surface area contributed by atoms with Crippen molar-refractivity contribution in [1.29, 1.82) is 0 Å². The highest BCUT2D eigenvalue weighted by Crippen LogP contribution is 2.24. The molecule has 0 heterocycles. The number of allylic oxidation sites excluding steroid dienone is 1. The molecule has 23 heavy (non-hydrogen) atoms. The zero-order valence-electron chi connectivity index (χ0n) is 12.6. The topological polar surface area (TPSA) is 17.1 Å². The molecule has 0 N–H and O–H groups in total. The molecule has 0 aliphatic carbocycles. The molecule has 0 fully saturated rings. The van der Waals surface area contributed by atoms with Gasteiger partial charge >= 0.3 is 0 Å². The minimum absolute atomic E-state index is 0.276. The van der Waals surface area contributed by atoms with Crippen LogP contribution < -0.4 is 0 Å². The smallest absolute Gasteiger partial charge is 0.236 e. The van der Waals surface area contributed by atoms with Crippen LogP contribution in [0.1, 0.15) is 27.0 Å². The molecule has 0 radical (unpaired) electrons. The summed E-state index contributed by atoms with van der Waals surface area (Å²) in [4.78, 5) is 11.8. The van der Waals surface area contributed by atoms with Crippen LogP contribution >= 0.6 is 0 Å². The summed E-state index contributed by atoms with van der Waals surface area (Å²) in [6, 6.07) is 10.2. The van der Waals surface area contributed by atoms with Crippen molar-refractivity contribution in [2.24, 2.45) is 0 Å². The summed E-state index contributed by atoms with van der Waals surface area (Å²) in [6.07, 6.45) is 0. The Hall–Kier alpha value is -2.80. The molecule has 0 aliphatic heterocycles. The van der Waals surface area contributed by atoms with Gasteiger partial charge < -0.3 is 0 Å². The molecular weight excluding hydrogens is 301 g/mol. The monoisotopic (exact) mass is 314 g/mol. The number of rotatable bonds is 2. The average molecular weight is 314 g/mol. The highest BCUT2D eigenvalue weighted by molar-refractivity contribution is 6.09. The number of carbonyl (C=O) groups is 1. The Morgan fingerprint density at radius 2 is 1.52 bits per heavy atom. The van der Waals surface area contributed by atoms with Crippen LogP contribution in [0.25, 0.3) is 5.83 Å². The fraction of sp³-hybridized carbons (Fsp3) is 0.105. The zero-order chi connectivity index (χ0) is 17.0. The van der Waals surface area contributed by atoms with E-state index in [2.05, 4.69) is 0 Å². The number of carbonyl (C=O) groups excluding carboxylic acids is 1. The largest absolute Gasteiger partial charge is 0.279 e.